The number of carbonyl (C=O) groups is 1. The van der Waals surface area contributed by atoms with Gasteiger partial charge in [0, 0.05) is 6.42 Å². The Morgan fingerprint density at radius 2 is 2.00 bits per heavy atom. The van der Waals surface area contributed by atoms with Gasteiger partial charge >= 0.3 is 5.97 Å². The molecular weight excluding hydrogens is 264 g/mol. The van der Waals surface area contributed by atoms with Crippen LogP contribution in [0.4, 0.5) is 0 Å². The first kappa shape index (κ1) is 17.3. The number of hydrogen-bond donors (Lipinski definition) is 1. The van der Waals surface area contributed by atoms with E-state index in [2.05, 4.69) is 18.8 Å². The highest BCUT2D eigenvalue weighted by Crippen LogP contribution is 2.03. The maximum Gasteiger partial charge on any atom is 0.338 e. The summed E-state index contributed by atoms with van der Waals surface area (Å²) in [4.78, 5) is 11.6. The van der Waals surface area contributed by atoms with Crippen LogP contribution in [0.3, 0.4) is 0 Å². The maximum atomic E-state index is 11.6. The van der Waals surface area contributed by atoms with E-state index in [-0.39, 0.29) is 5.97 Å². The van der Waals surface area contributed by atoms with Crippen molar-refractivity contribution in [2.45, 2.75) is 51.6 Å². The zero-order valence-corrected chi connectivity index (χ0v) is 12.7. The summed E-state index contributed by atoms with van der Waals surface area (Å²) in [5.41, 5.74) is 0.565. The second kappa shape index (κ2) is 10.9. The first-order valence-electron chi connectivity index (χ1n) is 7.62. The number of benzene rings is 1. The molecule has 0 amide bonds. The Labute approximate surface area is 127 Å². The van der Waals surface area contributed by atoms with E-state index in [1.165, 1.54) is 0 Å². The zero-order valence-electron chi connectivity index (χ0n) is 12.7. The van der Waals surface area contributed by atoms with Crippen molar-refractivity contribution in [3.63, 3.8) is 0 Å². The first-order valence-corrected chi connectivity index (χ1v) is 7.62. The summed E-state index contributed by atoms with van der Waals surface area (Å²) in [5, 5.41) is 9.61. The highest BCUT2D eigenvalue weighted by molar-refractivity contribution is 5.89. The van der Waals surface area contributed by atoms with Crippen LogP contribution in [0.25, 0.3) is 0 Å². The van der Waals surface area contributed by atoms with Crippen LogP contribution in [0.1, 0.15) is 55.8 Å². The van der Waals surface area contributed by atoms with E-state index in [0.29, 0.717) is 25.0 Å². The van der Waals surface area contributed by atoms with Gasteiger partial charge in [-0.05, 0) is 31.4 Å². The molecule has 1 aromatic rings. The average Bonchev–Trinajstić information content (AvgIpc) is 2.51. The lowest BCUT2D eigenvalue weighted by Gasteiger charge is -2.03. The molecule has 0 aliphatic carbocycles. The monoisotopic (exact) mass is 288 g/mol. The molecule has 0 aromatic heterocycles. The van der Waals surface area contributed by atoms with E-state index < -0.39 is 6.10 Å². The molecular formula is C18H24O3. The van der Waals surface area contributed by atoms with E-state index in [1.807, 2.05) is 18.2 Å². The van der Waals surface area contributed by atoms with Gasteiger partial charge in [0.1, 0.15) is 6.10 Å². The predicted molar refractivity (Wildman–Crippen MR) is 83.9 cm³/mol. The van der Waals surface area contributed by atoms with E-state index in [9.17, 15) is 9.90 Å². The molecule has 1 rings (SSSR count). The van der Waals surface area contributed by atoms with E-state index >= 15 is 0 Å². The largest absolute Gasteiger partial charge is 0.462 e. The molecule has 0 spiro atoms. The van der Waals surface area contributed by atoms with Crippen LogP contribution in [0, 0.1) is 11.8 Å². The Morgan fingerprint density at radius 3 is 2.71 bits per heavy atom. The van der Waals surface area contributed by atoms with Gasteiger partial charge in [-0.2, -0.15) is 0 Å². The Balaban J connectivity index is 2.11. The molecule has 1 aromatic carbocycles. The molecule has 0 aliphatic rings. The lowest BCUT2D eigenvalue weighted by Crippen LogP contribution is -2.06. The summed E-state index contributed by atoms with van der Waals surface area (Å²) in [7, 11) is 0. The Hall–Kier alpha value is -1.79. The molecule has 114 valence electrons. The van der Waals surface area contributed by atoms with Crippen LogP contribution in [-0.4, -0.2) is 23.8 Å². The second-order valence-electron chi connectivity index (χ2n) is 4.94. The molecule has 3 nitrogen and oxygen atoms in total. The molecule has 21 heavy (non-hydrogen) atoms. The third-order valence-corrected chi connectivity index (χ3v) is 3.04. The molecule has 1 atom stereocenters. The first-order chi connectivity index (χ1) is 10.2. The minimum atomic E-state index is -0.525. The van der Waals surface area contributed by atoms with Crippen LogP contribution >= 0.6 is 0 Å². The van der Waals surface area contributed by atoms with Gasteiger partial charge in [0.05, 0.1) is 12.2 Å². The van der Waals surface area contributed by atoms with E-state index in [1.54, 1.807) is 12.1 Å². The summed E-state index contributed by atoms with van der Waals surface area (Å²) in [5.74, 6) is 5.46. The Kier molecular flexibility index (Phi) is 8.99. The van der Waals surface area contributed by atoms with Gasteiger partial charge in [-0.25, -0.2) is 4.79 Å². The minimum Gasteiger partial charge on any atom is -0.462 e. The summed E-state index contributed by atoms with van der Waals surface area (Å²) in [6.07, 6.45) is 4.83. The van der Waals surface area contributed by atoms with Crippen molar-refractivity contribution in [2.24, 2.45) is 0 Å². The number of carbonyl (C=O) groups excluding carboxylic acids is 1. The second-order valence-corrected chi connectivity index (χ2v) is 4.94. The molecule has 0 bridgehead atoms. The smallest absolute Gasteiger partial charge is 0.338 e. The van der Waals surface area contributed by atoms with Crippen molar-refractivity contribution >= 4 is 5.97 Å². The number of unbranched alkanes of at least 4 members (excludes halogenated alkanes) is 3. The molecule has 1 unspecified atom stereocenters. The highest BCUT2D eigenvalue weighted by Gasteiger charge is 2.04. The van der Waals surface area contributed by atoms with Gasteiger partial charge in [-0.1, -0.05) is 43.9 Å². The highest BCUT2D eigenvalue weighted by atomic mass is 16.5. The van der Waals surface area contributed by atoms with Crippen molar-refractivity contribution in [1.29, 1.82) is 0 Å². The van der Waals surface area contributed by atoms with Gasteiger partial charge in [0.15, 0.2) is 0 Å². The van der Waals surface area contributed by atoms with E-state index in [4.69, 9.17) is 4.74 Å². The fraction of sp³-hybridized carbons (Fsp3) is 0.500. The van der Waals surface area contributed by atoms with Crippen LogP contribution in [0.15, 0.2) is 30.3 Å². The fourth-order valence-electron chi connectivity index (χ4n) is 1.83. The molecule has 0 fully saturated rings. The Morgan fingerprint density at radius 1 is 1.24 bits per heavy atom. The minimum absolute atomic E-state index is 0.303. The molecule has 0 aliphatic heterocycles. The topological polar surface area (TPSA) is 46.5 Å². The van der Waals surface area contributed by atoms with Crippen LogP contribution in [0.2, 0.25) is 0 Å². The normalized spacial score (nSPS) is 11.3. The van der Waals surface area contributed by atoms with Crippen molar-refractivity contribution in [1.82, 2.24) is 0 Å². The van der Waals surface area contributed by atoms with Crippen molar-refractivity contribution in [3.05, 3.63) is 35.9 Å². The maximum absolute atomic E-state index is 11.6. The van der Waals surface area contributed by atoms with Crippen molar-refractivity contribution in [3.8, 4) is 11.8 Å². The lowest BCUT2D eigenvalue weighted by molar-refractivity contribution is 0.0502. The number of hydrogen-bond acceptors (Lipinski definition) is 3. The average molecular weight is 288 g/mol. The lowest BCUT2D eigenvalue weighted by atomic mass is 10.1. The molecule has 3 heteroatoms. The number of aliphatic hydroxyl groups excluding tert-OH is 1. The van der Waals surface area contributed by atoms with Gasteiger partial charge in [0.2, 0.25) is 0 Å². The molecule has 1 N–H and O–H groups in total. The number of ether oxygens (including phenoxy) is 1. The van der Waals surface area contributed by atoms with Gasteiger partial charge in [-0.15, -0.1) is 5.92 Å². The standard InChI is InChI=1S/C18H24O3/c1-2-3-6-13-17(19)14-9-5-10-15-21-18(20)16-11-7-4-8-12-16/h4,7-8,11-12,17,19H,2-3,5-6,10,13,15H2,1H3. The molecule has 0 saturated heterocycles. The van der Waals surface area contributed by atoms with E-state index in [0.717, 1.165) is 25.7 Å². The van der Waals surface area contributed by atoms with Crippen LogP contribution < -0.4 is 0 Å². The van der Waals surface area contributed by atoms with Gasteiger partial charge < -0.3 is 9.84 Å². The van der Waals surface area contributed by atoms with Gasteiger partial charge in [-0.3, -0.25) is 0 Å². The molecule has 0 heterocycles. The number of rotatable bonds is 8. The van der Waals surface area contributed by atoms with Crippen LogP contribution in [-0.2, 0) is 4.74 Å². The third kappa shape index (κ3) is 8.16. The van der Waals surface area contributed by atoms with Crippen molar-refractivity contribution in [2.75, 3.05) is 6.61 Å². The zero-order chi connectivity index (χ0) is 15.3. The van der Waals surface area contributed by atoms with Gasteiger partial charge in [0.25, 0.3) is 0 Å². The number of aliphatic hydroxyl groups is 1. The van der Waals surface area contributed by atoms with Crippen LogP contribution in [0.5, 0.6) is 0 Å². The predicted octanol–water partition coefficient (Wildman–Crippen LogP) is 3.57. The molecule has 0 saturated carbocycles. The summed E-state index contributed by atoms with van der Waals surface area (Å²) in [6, 6.07) is 8.94. The third-order valence-electron chi connectivity index (χ3n) is 3.04. The van der Waals surface area contributed by atoms with Crippen molar-refractivity contribution < 1.29 is 14.6 Å². The molecule has 0 radical (unpaired) electrons. The summed E-state index contributed by atoms with van der Waals surface area (Å²) < 4.78 is 5.15. The summed E-state index contributed by atoms with van der Waals surface area (Å²) in [6.45, 7) is 2.49. The quantitative estimate of drug-likeness (QED) is 0.452. The Bertz CT molecular complexity index is 456. The summed E-state index contributed by atoms with van der Waals surface area (Å²) >= 11 is 0. The number of esters is 1. The SMILES string of the molecule is CCCCCC(O)C#CCCCOC(=O)c1ccccc1. The fourth-order valence-corrected chi connectivity index (χ4v) is 1.83.